The van der Waals surface area contributed by atoms with Crippen LogP contribution in [0.15, 0.2) is 30.3 Å². The Morgan fingerprint density at radius 2 is 1.88 bits per heavy atom. The highest BCUT2D eigenvalue weighted by molar-refractivity contribution is 5.93. The lowest BCUT2D eigenvalue weighted by Crippen LogP contribution is -2.57. The fraction of sp³-hybridized carbons (Fsp3) is 0.600. The summed E-state index contributed by atoms with van der Waals surface area (Å²) < 4.78 is 15.3. The van der Waals surface area contributed by atoms with Crippen LogP contribution in [0.2, 0.25) is 0 Å². The quantitative estimate of drug-likeness (QED) is 0.892. The molecular weight excluding hydrogens is 319 g/mol. The van der Waals surface area contributed by atoms with E-state index in [9.17, 15) is 9.59 Å². The van der Waals surface area contributed by atoms with Crippen LogP contribution in [0.4, 0.5) is 4.39 Å². The largest absolute Gasteiger partial charge is 0.353 e. The Balaban J connectivity index is 1.45. The van der Waals surface area contributed by atoms with Gasteiger partial charge in [0.1, 0.15) is 0 Å². The van der Waals surface area contributed by atoms with Crippen LogP contribution < -0.4 is 5.32 Å². The monoisotopic (exact) mass is 344 g/mol. The number of nitrogens with zero attached hydrogens (tertiary/aromatic N) is 1. The van der Waals surface area contributed by atoms with Crippen molar-refractivity contribution in [3.63, 3.8) is 0 Å². The summed E-state index contributed by atoms with van der Waals surface area (Å²) in [5, 5.41) is 2.75. The molecular formula is C20H25FN2O2. The van der Waals surface area contributed by atoms with Gasteiger partial charge in [-0.25, -0.2) is 4.39 Å². The highest BCUT2D eigenvalue weighted by Crippen LogP contribution is 2.50. The number of likely N-dealkylation sites (tertiary alicyclic amines) is 1. The predicted octanol–water partition coefficient (Wildman–Crippen LogP) is 2.58. The molecule has 0 bridgehead atoms. The third-order valence-electron chi connectivity index (χ3n) is 5.87. The molecule has 1 heterocycles. The number of piperidine rings is 1. The van der Waals surface area contributed by atoms with Gasteiger partial charge in [0.05, 0.1) is 12.0 Å². The van der Waals surface area contributed by atoms with Crippen molar-refractivity contribution in [2.75, 3.05) is 19.6 Å². The first kappa shape index (κ1) is 16.6. The summed E-state index contributed by atoms with van der Waals surface area (Å²) >= 11 is 0. The van der Waals surface area contributed by atoms with Crippen molar-refractivity contribution in [2.24, 2.45) is 5.92 Å². The Labute approximate surface area is 147 Å². The van der Waals surface area contributed by atoms with Crippen molar-refractivity contribution in [2.45, 2.75) is 49.6 Å². The van der Waals surface area contributed by atoms with Gasteiger partial charge in [0.2, 0.25) is 11.6 Å². The maximum absolute atomic E-state index is 15.3. The Hall–Kier alpha value is -1.91. The van der Waals surface area contributed by atoms with E-state index >= 15 is 4.39 Å². The van der Waals surface area contributed by atoms with Gasteiger partial charge in [-0.05, 0) is 50.0 Å². The van der Waals surface area contributed by atoms with Gasteiger partial charge >= 0.3 is 0 Å². The average molecular weight is 344 g/mol. The van der Waals surface area contributed by atoms with Crippen LogP contribution in [-0.4, -0.2) is 42.0 Å². The smallest absolute Gasteiger partial charge is 0.259 e. The van der Waals surface area contributed by atoms with Crippen molar-refractivity contribution in [3.8, 4) is 0 Å². The number of rotatable bonds is 5. The summed E-state index contributed by atoms with van der Waals surface area (Å²) in [6.45, 7) is 0.984. The number of alkyl halides is 1. The molecule has 2 saturated carbocycles. The van der Waals surface area contributed by atoms with Crippen LogP contribution in [0.5, 0.6) is 0 Å². The summed E-state index contributed by atoms with van der Waals surface area (Å²) in [4.78, 5) is 27.0. The van der Waals surface area contributed by atoms with E-state index in [0.29, 0.717) is 25.4 Å². The predicted molar refractivity (Wildman–Crippen MR) is 92.7 cm³/mol. The molecule has 5 heteroatoms. The number of hydrogen-bond acceptors (Lipinski definition) is 2. The lowest BCUT2D eigenvalue weighted by Gasteiger charge is -2.38. The first-order valence-electron chi connectivity index (χ1n) is 9.36. The number of hydrogen-bond donors (Lipinski definition) is 1. The summed E-state index contributed by atoms with van der Waals surface area (Å²) in [6.07, 6.45) is 4.57. The summed E-state index contributed by atoms with van der Waals surface area (Å²) in [5.74, 6) is -0.0430. The molecule has 1 saturated heterocycles. The van der Waals surface area contributed by atoms with E-state index in [-0.39, 0.29) is 18.9 Å². The molecule has 2 aliphatic carbocycles. The van der Waals surface area contributed by atoms with Gasteiger partial charge in [-0.3, -0.25) is 9.59 Å². The molecule has 1 aromatic carbocycles. The number of carbonyl (C=O) groups is 2. The zero-order valence-corrected chi connectivity index (χ0v) is 14.5. The number of halogens is 1. The Morgan fingerprint density at radius 3 is 2.52 bits per heavy atom. The highest BCUT2D eigenvalue weighted by atomic mass is 19.1. The fourth-order valence-electron chi connectivity index (χ4n) is 3.90. The molecule has 0 aromatic heterocycles. The third kappa shape index (κ3) is 3.16. The molecule has 3 aliphatic rings. The first-order valence-corrected chi connectivity index (χ1v) is 9.36. The molecule has 1 aromatic rings. The van der Waals surface area contributed by atoms with Crippen molar-refractivity contribution in [1.29, 1.82) is 0 Å². The van der Waals surface area contributed by atoms with Crippen LogP contribution >= 0.6 is 0 Å². The Kier molecular flexibility index (Phi) is 4.05. The summed E-state index contributed by atoms with van der Waals surface area (Å²) in [7, 11) is 0. The second-order valence-corrected chi connectivity index (χ2v) is 7.90. The van der Waals surface area contributed by atoms with E-state index in [2.05, 4.69) is 5.32 Å². The number of carbonyl (C=O) groups excluding carboxylic acids is 2. The highest BCUT2D eigenvalue weighted by Gasteiger charge is 2.55. The maximum atomic E-state index is 15.3. The van der Waals surface area contributed by atoms with Crippen molar-refractivity contribution in [3.05, 3.63) is 35.9 Å². The standard InChI is InChI=1S/C20H25FN2O2/c21-20(17(24)22-13-15-7-8-15)9-4-12-23(14-20)18(25)19(10-11-19)16-5-2-1-3-6-16/h1-3,5-6,15H,4,7-14H2,(H,22,24). The van der Waals surface area contributed by atoms with Gasteiger partial charge < -0.3 is 10.2 Å². The van der Waals surface area contributed by atoms with E-state index in [1.54, 1.807) is 4.90 Å². The molecule has 1 atom stereocenters. The van der Waals surface area contributed by atoms with Gasteiger partial charge in [0.15, 0.2) is 0 Å². The molecule has 1 unspecified atom stereocenters. The van der Waals surface area contributed by atoms with Crippen LogP contribution in [0.1, 0.15) is 44.1 Å². The van der Waals surface area contributed by atoms with E-state index in [1.807, 2.05) is 30.3 Å². The molecule has 4 nitrogen and oxygen atoms in total. The van der Waals surface area contributed by atoms with Crippen molar-refractivity contribution < 1.29 is 14.0 Å². The zero-order valence-electron chi connectivity index (χ0n) is 14.5. The van der Waals surface area contributed by atoms with E-state index in [1.165, 1.54) is 0 Å². The van der Waals surface area contributed by atoms with E-state index < -0.39 is 17.0 Å². The molecule has 4 rings (SSSR count). The third-order valence-corrected chi connectivity index (χ3v) is 5.87. The number of amides is 2. The fourth-order valence-corrected chi connectivity index (χ4v) is 3.90. The molecule has 0 radical (unpaired) electrons. The number of benzene rings is 1. The van der Waals surface area contributed by atoms with Gasteiger partial charge in [0, 0.05) is 13.1 Å². The van der Waals surface area contributed by atoms with Crippen molar-refractivity contribution in [1.82, 2.24) is 10.2 Å². The molecule has 134 valence electrons. The molecule has 1 aliphatic heterocycles. The minimum atomic E-state index is -1.95. The molecule has 1 N–H and O–H groups in total. The lowest BCUT2D eigenvalue weighted by atomic mass is 9.89. The second-order valence-electron chi connectivity index (χ2n) is 7.90. The minimum absolute atomic E-state index is 0.0181. The van der Waals surface area contributed by atoms with Gasteiger partial charge in [-0.1, -0.05) is 30.3 Å². The second kappa shape index (κ2) is 6.11. The van der Waals surface area contributed by atoms with Crippen molar-refractivity contribution >= 4 is 11.8 Å². The normalized spacial score (nSPS) is 27.6. The van der Waals surface area contributed by atoms with E-state index in [4.69, 9.17) is 0 Å². The van der Waals surface area contributed by atoms with E-state index in [0.717, 1.165) is 31.2 Å². The Morgan fingerprint density at radius 1 is 1.16 bits per heavy atom. The first-order chi connectivity index (χ1) is 12.0. The zero-order chi connectivity index (χ0) is 17.5. The van der Waals surface area contributed by atoms with Gasteiger partial charge in [-0.15, -0.1) is 0 Å². The topological polar surface area (TPSA) is 49.4 Å². The van der Waals surface area contributed by atoms with Crippen LogP contribution in [0.25, 0.3) is 0 Å². The Bertz CT molecular complexity index is 670. The van der Waals surface area contributed by atoms with Crippen LogP contribution in [0, 0.1) is 5.92 Å². The van der Waals surface area contributed by atoms with Crippen LogP contribution in [0.3, 0.4) is 0 Å². The maximum Gasteiger partial charge on any atom is 0.259 e. The SMILES string of the molecule is O=C(NCC1CC1)C1(F)CCCN(C(=O)C2(c3ccccc3)CC2)C1. The van der Waals surface area contributed by atoms with Gasteiger partial charge in [0.25, 0.3) is 5.91 Å². The van der Waals surface area contributed by atoms with Gasteiger partial charge in [-0.2, -0.15) is 0 Å². The summed E-state index contributed by atoms with van der Waals surface area (Å²) in [5.41, 5.74) is -1.44. The van der Waals surface area contributed by atoms with Crippen LogP contribution in [-0.2, 0) is 15.0 Å². The average Bonchev–Trinajstić information content (AvgIpc) is 3.54. The summed E-state index contributed by atoms with van der Waals surface area (Å²) in [6, 6.07) is 9.74. The molecule has 25 heavy (non-hydrogen) atoms. The molecule has 2 amide bonds. The molecule has 3 fully saturated rings. The minimum Gasteiger partial charge on any atom is -0.353 e. The molecule has 0 spiro atoms. The lowest BCUT2D eigenvalue weighted by molar-refractivity contribution is -0.145. The number of nitrogens with one attached hydrogen (secondary N) is 1.